The minimum atomic E-state index is -3.92. The van der Waals surface area contributed by atoms with Crippen LogP contribution in [0.2, 0.25) is 18.1 Å². The third-order valence-electron chi connectivity index (χ3n) is 11.5. The topological polar surface area (TPSA) is 287 Å². The van der Waals surface area contributed by atoms with Crippen LogP contribution in [-0.2, 0) is 48.4 Å². The molecule has 7 heterocycles. The van der Waals surface area contributed by atoms with Crippen molar-refractivity contribution in [3.63, 3.8) is 0 Å². The highest BCUT2D eigenvalue weighted by Gasteiger charge is 2.54. The van der Waals surface area contributed by atoms with Crippen molar-refractivity contribution in [2.24, 2.45) is 0 Å². The van der Waals surface area contributed by atoms with Crippen LogP contribution in [0.15, 0.2) is 66.5 Å². The van der Waals surface area contributed by atoms with Gasteiger partial charge in [0.2, 0.25) is 5.78 Å². The molecule has 8 rings (SSSR count). The van der Waals surface area contributed by atoms with E-state index in [0.29, 0.717) is 11.2 Å². The molecule has 1 amide bonds. The maximum atomic E-state index is 13.4. The van der Waals surface area contributed by atoms with Gasteiger partial charge in [0, 0.05) is 28.9 Å². The molecule has 2 saturated heterocycles. The van der Waals surface area contributed by atoms with Gasteiger partial charge in [0.05, 0.1) is 51.1 Å². The van der Waals surface area contributed by atoms with Crippen LogP contribution in [0.3, 0.4) is 0 Å². The molecular weight excluding hydrogens is 925 g/mol. The van der Waals surface area contributed by atoms with Crippen molar-refractivity contribution in [1.29, 1.82) is 5.26 Å². The van der Waals surface area contributed by atoms with Gasteiger partial charge in [-0.05, 0) is 42.1 Å². The van der Waals surface area contributed by atoms with Crippen molar-refractivity contribution < 1.29 is 51.4 Å². The summed E-state index contributed by atoms with van der Waals surface area (Å²) in [6, 6.07) is 10.6. The number of nitriles is 1. The molecular formula is C38H46N11O12P2SSi+. The maximum Gasteiger partial charge on any atom is 0.695 e. The second-order valence-corrected chi connectivity index (χ2v) is 25.1. The van der Waals surface area contributed by atoms with E-state index in [9.17, 15) is 29.4 Å². The molecule has 65 heavy (non-hydrogen) atoms. The van der Waals surface area contributed by atoms with Crippen molar-refractivity contribution >= 4 is 74.9 Å². The number of nitrogens with zero attached hydrogens (tertiary/aromatic N) is 9. The molecule has 2 fully saturated rings. The molecule has 4 N–H and O–H groups in total. The number of H-pyrrole nitrogens is 1. The number of anilines is 1. The molecule has 0 bridgehead atoms. The van der Waals surface area contributed by atoms with Gasteiger partial charge in [0.1, 0.15) is 30.3 Å². The monoisotopic (exact) mass is 970 g/mol. The number of aliphatic hydroxyl groups is 1. The number of hydrogen-bond acceptors (Lipinski definition) is 18. The van der Waals surface area contributed by atoms with Crippen LogP contribution < -0.4 is 10.9 Å². The van der Waals surface area contributed by atoms with E-state index in [1.54, 1.807) is 34.9 Å². The predicted octanol–water partition coefficient (Wildman–Crippen LogP) is 4.62. The van der Waals surface area contributed by atoms with Gasteiger partial charge in [-0.2, -0.15) is 5.26 Å². The molecule has 0 aliphatic carbocycles. The molecule has 27 heteroatoms. The van der Waals surface area contributed by atoms with Gasteiger partial charge >= 0.3 is 15.0 Å². The lowest BCUT2D eigenvalue weighted by molar-refractivity contribution is -0.0523. The molecule has 344 valence electrons. The molecule has 2 aliphatic rings. The Labute approximate surface area is 377 Å². The fourth-order valence-corrected chi connectivity index (χ4v) is 11.1. The third kappa shape index (κ3) is 9.59. The van der Waals surface area contributed by atoms with Crippen LogP contribution in [0.1, 0.15) is 56.4 Å². The second-order valence-electron chi connectivity index (χ2n) is 16.7. The number of benzene rings is 1. The molecule has 1 aromatic carbocycles. The summed E-state index contributed by atoms with van der Waals surface area (Å²) in [6.07, 6.45) is -0.160. The standard InChI is InChI=1S/C38H45N11O12P2SSi/c1-38(2,3)65(4,5)61-29-28(25(17-50)58-36(29)49-21-44-27-32(49)46-37-40-13-14-47(37)34(27)52)60-63(64,55-15-9-12-39)56-18-23-16-24(59-62(53)54)35(57-23)48-20-43-26-30(41-19-42-31(26)48)45-33(51)22-10-7-6-8-11-22/h6-8,10-11,13-14,19-21,23-25,28-29,35-36,50H,9,15-18H2,1-5H3,(H2-,40,41,42,45,46,51,52,53,54)/p+1/t23-,24+,25+,28+,29+,35+,36+,63?/m0/s1. The summed E-state index contributed by atoms with van der Waals surface area (Å²) < 4.78 is 60.9. The summed E-state index contributed by atoms with van der Waals surface area (Å²) in [5.41, 5.74) is 0.837. The second kappa shape index (κ2) is 18.8. The molecule has 23 nitrogen and oxygen atoms in total. The Morgan fingerprint density at radius 2 is 1.83 bits per heavy atom. The smallest absolute Gasteiger partial charge is 0.407 e. The zero-order valence-corrected chi connectivity index (χ0v) is 39.3. The Balaban J connectivity index is 1.07. The number of aliphatic hydroxyl groups excluding tert-OH is 1. The van der Waals surface area contributed by atoms with Crippen LogP contribution in [-0.4, -0.2) is 118 Å². The zero-order valence-electron chi connectivity index (χ0n) is 35.7. The number of imidazole rings is 3. The van der Waals surface area contributed by atoms with Gasteiger partial charge < -0.3 is 38.4 Å². The number of amides is 1. The van der Waals surface area contributed by atoms with Crippen LogP contribution in [0.25, 0.3) is 28.1 Å². The van der Waals surface area contributed by atoms with E-state index in [1.165, 1.54) is 40.3 Å². The number of aromatic amines is 1. The molecule has 0 radical (unpaired) electrons. The average Bonchev–Trinajstić information content (AvgIpc) is 4.11. The molecule has 0 spiro atoms. The van der Waals surface area contributed by atoms with Crippen LogP contribution in [0.4, 0.5) is 5.82 Å². The lowest BCUT2D eigenvalue weighted by Gasteiger charge is -2.41. The van der Waals surface area contributed by atoms with E-state index in [0.717, 1.165) is 0 Å². The quantitative estimate of drug-likeness (QED) is 0.0551. The summed E-state index contributed by atoms with van der Waals surface area (Å²) in [7, 11) is -5.80. The fourth-order valence-electron chi connectivity index (χ4n) is 7.27. The van der Waals surface area contributed by atoms with E-state index >= 15 is 0 Å². The average molecular weight is 971 g/mol. The van der Waals surface area contributed by atoms with Crippen LogP contribution in [0.5, 0.6) is 0 Å². The number of rotatable bonds is 17. The Bertz CT molecular complexity index is 2870. The Kier molecular flexibility index (Phi) is 13.6. The van der Waals surface area contributed by atoms with Gasteiger partial charge in [-0.15, -0.1) is 9.42 Å². The lowest BCUT2D eigenvalue weighted by Crippen LogP contribution is -2.49. The van der Waals surface area contributed by atoms with E-state index in [-0.39, 0.29) is 59.4 Å². The minimum Gasteiger partial charge on any atom is -0.407 e. The first-order valence-electron chi connectivity index (χ1n) is 20.3. The van der Waals surface area contributed by atoms with Crippen molar-refractivity contribution in [2.75, 3.05) is 25.1 Å². The number of nitrogens with one attached hydrogen (secondary N) is 2. The number of carbonyl (C=O) groups excluding carboxylic acids is 1. The largest absolute Gasteiger partial charge is 0.695 e. The first-order chi connectivity index (χ1) is 31.0. The highest BCUT2D eigenvalue weighted by Crippen LogP contribution is 2.55. The molecule has 2 aliphatic heterocycles. The normalized spacial score (nSPS) is 23.8. The maximum absolute atomic E-state index is 13.4. The molecule has 2 unspecified atom stereocenters. The number of hydrogen-bond donors (Lipinski definition) is 4. The van der Waals surface area contributed by atoms with E-state index in [1.807, 2.05) is 19.2 Å². The highest BCUT2D eigenvalue weighted by atomic mass is 32.5. The summed E-state index contributed by atoms with van der Waals surface area (Å²) in [4.78, 5) is 61.0. The Hall–Kier alpha value is -4.77. The minimum absolute atomic E-state index is 0.0167. The summed E-state index contributed by atoms with van der Waals surface area (Å²) in [5.74, 6) is -0.0288. The lowest BCUT2D eigenvalue weighted by atomic mass is 10.1. The van der Waals surface area contributed by atoms with Gasteiger partial charge in [-0.1, -0.05) is 39.0 Å². The number of ether oxygens (including phenoxy) is 2. The first-order valence-corrected chi connectivity index (χ1v) is 26.9. The first kappa shape index (κ1) is 46.7. The SMILES string of the molecule is CC(C)(C)[Si](C)(C)O[C@@H]1[C@H](OP(=S)(OCCC#N)OC[C@@H]2C[C@@H](O[P+](=O)O)[C@H](n3cnc4c(NC(=O)c5ccccc5)ncnc43)O2)[C@@H](CO)O[C@H]1n1cnc2c(=O)n3ccnc3[nH]c21. The molecule has 5 aromatic heterocycles. The third-order valence-corrected chi connectivity index (χ3v) is 18.7. The molecule has 6 aromatic rings. The van der Waals surface area contributed by atoms with Gasteiger partial charge in [-0.3, -0.25) is 23.2 Å². The predicted molar refractivity (Wildman–Crippen MR) is 236 cm³/mol. The van der Waals surface area contributed by atoms with Crippen molar-refractivity contribution in [3.05, 3.63) is 77.6 Å². The van der Waals surface area contributed by atoms with Crippen molar-refractivity contribution in [2.45, 2.75) is 94.7 Å². The van der Waals surface area contributed by atoms with Gasteiger partial charge in [0.15, 0.2) is 49.4 Å². The number of aromatic nitrogens is 9. The Morgan fingerprint density at radius 1 is 1.08 bits per heavy atom. The van der Waals surface area contributed by atoms with Gasteiger partial charge in [0.25, 0.3) is 11.5 Å². The number of fused-ring (bicyclic) bond motifs is 3. The number of carbonyl (C=O) groups is 1. The summed E-state index contributed by atoms with van der Waals surface area (Å²) in [6.45, 7) is 5.32. The van der Waals surface area contributed by atoms with Crippen LogP contribution in [0, 0.1) is 11.3 Å². The van der Waals surface area contributed by atoms with E-state index < -0.39 is 84.3 Å². The zero-order chi connectivity index (χ0) is 46.3. The summed E-state index contributed by atoms with van der Waals surface area (Å²) in [5, 5.41) is 22.7. The van der Waals surface area contributed by atoms with E-state index in [2.05, 4.69) is 56.0 Å². The van der Waals surface area contributed by atoms with E-state index in [4.69, 9.17) is 43.8 Å². The Morgan fingerprint density at radius 3 is 2.55 bits per heavy atom. The van der Waals surface area contributed by atoms with Crippen LogP contribution >= 0.6 is 15.0 Å². The van der Waals surface area contributed by atoms with Crippen molar-refractivity contribution in [1.82, 2.24) is 43.4 Å². The van der Waals surface area contributed by atoms with Crippen molar-refractivity contribution in [3.8, 4) is 6.07 Å². The molecule has 0 saturated carbocycles. The highest BCUT2D eigenvalue weighted by molar-refractivity contribution is 8.07. The summed E-state index contributed by atoms with van der Waals surface area (Å²) >= 11 is 6.02. The van der Waals surface area contributed by atoms with Gasteiger partial charge in [-0.25, -0.2) is 29.3 Å². The molecule has 9 atom stereocenters. The fraction of sp³-hybridized carbons (Fsp3) is 0.474.